The van der Waals surface area contributed by atoms with Crippen LogP contribution >= 0.6 is 0 Å². The molecular formula is C20H26N2O4S. The van der Waals surface area contributed by atoms with E-state index in [9.17, 15) is 13.2 Å². The number of hydrogen-bond donors (Lipinski definition) is 1. The predicted molar refractivity (Wildman–Crippen MR) is 106 cm³/mol. The topological polar surface area (TPSA) is 75.7 Å². The summed E-state index contributed by atoms with van der Waals surface area (Å²) in [5.74, 6) is -0.323. The van der Waals surface area contributed by atoms with Crippen LogP contribution in [0.1, 0.15) is 35.7 Å². The maximum Gasteiger partial charge on any atom is 0.338 e. The zero-order chi connectivity index (χ0) is 19.9. The molecule has 2 rings (SSSR count). The number of anilines is 1. The second-order valence-electron chi connectivity index (χ2n) is 6.36. The molecule has 7 heteroatoms. The first-order valence-corrected chi connectivity index (χ1v) is 10.3. The van der Waals surface area contributed by atoms with E-state index in [0.717, 1.165) is 24.1 Å². The van der Waals surface area contributed by atoms with E-state index < -0.39 is 10.0 Å². The zero-order valence-electron chi connectivity index (χ0n) is 15.9. The van der Waals surface area contributed by atoms with E-state index in [1.807, 2.05) is 13.0 Å². The van der Waals surface area contributed by atoms with Gasteiger partial charge in [-0.1, -0.05) is 25.5 Å². The minimum absolute atomic E-state index is 0.261. The molecule has 6 nitrogen and oxygen atoms in total. The summed E-state index contributed by atoms with van der Waals surface area (Å²) >= 11 is 0. The fourth-order valence-corrected chi connectivity index (χ4v) is 3.32. The van der Waals surface area contributed by atoms with Gasteiger partial charge in [-0.05, 0) is 48.4 Å². The second-order valence-corrected chi connectivity index (χ2v) is 8.51. The highest BCUT2D eigenvalue weighted by molar-refractivity contribution is 7.89. The van der Waals surface area contributed by atoms with Gasteiger partial charge in [0.1, 0.15) is 0 Å². The monoisotopic (exact) mass is 390 g/mol. The summed E-state index contributed by atoms with van der Waals surface area (Å²) in [7, 11) is -0.435. The molecule has 1 N–H and O–H groups in total. The van der Waals surface area contributed by atoms with Crippen molar-refractivity contribution < 1.29 is 17.9 Å². The third-order valence-electron chi connectivity index (χ3n) is 4.03. The molecule has 27 heavy (non-hydrogen) atoms. The van der Waals surface area contributed by atoms with Gasteiger partial charge in [0.2, 0.25) is 10.0 Å². The van der Waals surface area contributed by atoms with Gasteiger partial charge in [-0.25, -0.2) is 17.5 Å². The molecular weight excluding hydrogens is 364 g/mol. The molecule has 0 aliphatic carbocycles. The molecule has 0 spiro atoms. The van der Waals surface area contributed by atoms with E-state index >= 15 is 0 Å². The fourth-order valence-electron chi connectivity index (χ4n) is 2.35. The fraction of sp³-hybridized carbons (Fsp3) is 0.350. The number of hydrogen-bond acceptors (Lipinski definition) is 5. The SMILES string of the molecule is CCCCOC(=O)c1ccc(NCc2cccc(S(=O)(=O)N(C)C)c2)cc1. The number of unbranched alkanes of at least 4 members (excludes halogenated alkanes) is 1. The minimum atomic E-state index is -3.45. The standard InChI is InChI=1S/C20H26N2O4S/c1-4-5-13-26-20(23)17-9-11-18(12-10-17)21-15-16-7-6-8-19(14-16)27(24,25)22(2)3/h6-12,14,21H,4-5,13,15H2,1-3H3. The lowest BCUT2D eigenvalue weighted by Crippen LogP contribution is -2.22. The highest BCUT2D eigenvalue weighted by Crippen LogP contribution is 2.17. The van der Waals surface area contributed by atoms with Gasteiger partial charge in [0.25, 0.3) is 0 Å². The van der Waals surface area contributed by atoms with Crippen molar-refractivity contribution in [2.75, 3.05) is 26.0 Å². The number of ether oxygens (including phenoxy) is 1. The lowest BCUT2D eigenvalue weighted by molar-refractivity contribution is 0.0500. The zero-order valence-corrected chi connectivity index (χ0v) is 16.8. The summed E-state index contributed by atoms with van der Waals surface area (Å²) in [6.45, 7) is 2.94. The van der Waals surface area contributed by atoms with Gasteiger partial charge in [-0.2, -0.15) is 0 Å². The number of nitrogens with one attached hydrogen (secondary N) is 1. The Kier molecular flexibility index (Phi) is 7.38. The van der Waals surface area contributed by atoms with Crippen molar-refractivity contribution in [1.82, 2.24) is 4.31 Å². The summed E-state index contributed by atoms with van der Waals surface area (Å²) in [5.41, 5.74) is 2.19. The Hall–Kier alpha value is -2.38. The van der Waals surface area contributed by atoms with E-state index in [-0.39, 0.29) is 10.9 Å². The first-order chi connectivity index (χ1) is 12.8. The number of rotatable bonds is 9. The van der Waals surface area contributed by atoms with Crippen LogP contribution in [0.5, 0.6) is 0 Å². The van der Waals surface area contributed by atoms with E-state index in [2.05, 4.69) is 5.32 Å². The summed E-state index contributed by atoms with van der Waals surface area (Å²) in [4.78, 5) is 12.2. The largest absolute Gasteiger partial charge is 0.462 e. The second kappa shape index (κ2) is 9.53. The number of carbonyl (C=O) groups is 1. The third-order valence-corrected chi connectivity index (χ3v) is 5.84. The molecule has 0 amide bonds. The van der Waals surface area contributed by atoms with Crippen LogP contribution < -0.4 is 5.32 Å². The molecule has 0 atom stereocenters. The van der Waals surface area contributed by atoms with Gasteiger partial charge in [0.15, 0.2) is 0 Å². The van der Waals surface area contributed by atoms with Crippen LogP contribution in [0.25, 0.3) is 0 Å². The Morgan fingerprint density at radius 3 is 2.44 bits per heavy atom. The molecule has 0 unspecified atom stereocenters. The summed E-state index contributed by atoms with van der Waals surface area (Å²) in [6.07, 6.45) is 1.83. The molecule has 146 valence electrons. The van der Waals surface area contributed by atoms with Gasteiger partial charge in [-0.15, -0.1) is 0 Å². The molecule has 0 radical (unpaired) electrons. The van der Waals surface area contributed by atoms with Crippen LogP contribution in [0.4, 0.5) is 5.69 Å². The Morgan fingerprint density at radius 2 is 1.81 bits per heavy atom. The van der Waals surface area contributed by atoms with Crippen LogP contribution in [0.3, 0.4) is 0 Å². The van der Waals surface area contributed by atoms with Gasteiger partial charge in [0, 0.05) is 26.3 Å². The first kappa shape index (κ1) is 20.9. The Balaban J connectivity index is 1.98. The number of nitrogens with zero attached hydrogens (tertiary/aromatic N) is 1. The summed E-state index contributed by atoms with van der Waals surface area (Å²) in [6, 6.07) is 13.9. The van der Waals surface area contributed by atoms with Gasteiger partial charge < -0.3 is 10.1 Å². The number of sulfonamides is 1. The number of esters is 1. The highest BCUT2D eigenvalue weighted by atomic mass is 32.2. The molecule has 0 aromatic heterocycles. The van der Waals surface area contributed by atoms with Crippen molar-refractivity contribution in [3.8, 4) is 0 Å². The Morgan fingerprint density at radius 1 is 1.11 bits per heavy atom. The van der Waals surface area contributed by atoms with E-state index in [4.69, 9.17) is 4.74 Å². The van der Waals surface area contributed by atoms with Gasteiger partial charge in [-0.3, -0.25) is 0 Å². The van der Waals surface area contributed by atoms with Crippen LogP contribution in [0.2, 0.25) is 0 Å². The van der Waals surface area contributed by atoms with Crippen LogP contribution in [-0.4, -0.2) is 39.4 Å². The van der Waals surface area contributed by atoms with Gasteiger partial charge >= 0.3 is 5.97 Å². The summed E-state index contributed by atoms with van der Waals surface area (Å²) in [5, 5.41) is 3.23. The number of carbonyl (C=O) groups excluding carboxylic acids is 1. The van der Waals surface area contributed by atoms with Crippen LogP contribution in [0, 0.1) is 0 Å². The minimum Gasteiger partial charge on any atom is -0.462 e. The van der Waals surface area contributed by atoms with Crippen molar-refractivity contribution in [2.24, 2.45) is 0 Å². The molecule has 2 aromatic carbocycles. The van der Waals surface area contributed by atoms with Crippen LogP contribution in [-0.2, 0) is 21.3 Å². The molecule has 0 aliphatic rings. The quantitative estimate of drug-likeness (QED) is 0.524. The molecule has 0 saturated heterocycles. The van der Waals surface area contributed by atoms with Crippen molar-refractivity contribution in [3.63, 3.8) is 0 Å². The maximum atomic E-state index is 12.2. The summed E-state index contributed by atoms with van der Waals surface area (Å²) < 4.78 is 30.8. The van der Waals surface area contributed by atoms with E-state index in [1.165, 1.54) is 18.4 Å². The van der Waals surface area contributed by atoms with E-state index in [1.54, 1.807) is 42.5 Å². The average Bonchev–Trinajstić information content (AvgIpc) is 2.67. The molecule has 0 heterocycles. The molecule has 2 aromatic rings. The molecule has 0 fully saturated rings. The Bertz CT molecular complexity index is 862. The molecule has 0 bridgehead atoms. The van der Waals surface area contributed by atoms with Crippen molar-refractivity contribution in [1.29, 1.82) is 0 Å². The Labute approximate surface area is 161 Å². The molecule has 0 aliphatic heterocycles. The molecule has 0 saturated carbocycles. The lowest BCUT2D eigenvalue weighted by atomic mass is 10.2. The van der Waals surface area contributed by atoms with E-state index in [0.29, 0.717) is 18.7 Å². The maximum absolute atomic E-state index is 12.2. The number of benzene rings is 2. The first-order valence-electron chi connectivity index (χ1n) is 8.87. The normalized spacial score (nSPS) is 11.4. The average molecular weight is 391 g/mol. The predicted octanol–water partition coefficient (Wildman–Crippen LogP) is 3.51. The van der Waals surface area contributed by atoms with Crippen LogP contribution in [0.15, 0.2) is 53.4 Å². The van der Waals surface area contributed by atoms with Crippen molar-refractivity contribution in [2.45, 2.75) is 31.2 Å². The third kappa shape index (κ3) is 5.80. The highest BCUT2D eigenvalue weighted by Gasteiger charge is 2.17. The smallest absolute Gasteiger partial charge is 0.338 e. The van der Waals surface area contributed by atoms with Crippen molar-refractivity contribution in [3.05, 3.63) is 59.7 Å². The lowest BCUT2D eigenvalue weighted by Gasteiger charge is -2.13. The van der Waals surface area contributed by atoms with Crippen molar-refractivity contribution >= 4 is 21.7 Å². The van der Waals surface area contributed by atoms with Gasteiger partial charge in [0.05, 0.1) is 17.1 Å².